The normalized spacial score (nSPS) is 22.8. The van der Waals surface area contributed by atoms with Crippen molar-refractivity contribution in [2.24, 2.45) is 11.8 Å². The maximum Gasteiger partial charge on any atom is 0.253 e. The van der Waals surface area contributed by atoms with E-state index in [0.717, 1.165) is 10.9 Å². The molecular formula is C21H21F2N5O3S. The Morgan fingerprint density at radius 2 is 1.84 bits per heavy atom. The molecule has 3 aromatic rings. The molecule has 0 bridgehead atoms. The molecule has 5 rings (SSSR count). The second kappa shape index (κ2) is 7.59. The highest BCUT2D eigenvalue weighted by Crippen LogP contribution is 2.47. The van der Waals surface area contributed by atoms with Crippen LogP contribution in [0.2, 0.25) is 0 Å². The summed E-state index contributed by atoms with van der Waals surface area (Å²) in [7, 11) is -3.74. The second-order valence-electron chi connectivity index (χ2n) is 8.46. The molecule has 0 spiro atoms. The molecule has 1 saturated carbocycles. The molecule has 2 atom stereocenters. The van der Waals surface area contributed by atoms with Crippen molar-refractivity contribution in [1.82, 2.24) is 24.8 Å². The lowest BCUT2D eigenvalue weighted by Gasteiger charge is -2.19. The number of fused-ring (bicyclic) bond motifs is 2. The van der Waals surface area contributed by atoms with Gasteiger partial charge in [0.15, 0.2) is 5.65 Å². The first-order valence-electron chi connectivity index (χ1n) is 10.3. The lowest BCUT2D eigenvalue weighted by molar-refractivity contribution is -0.000624. The van der Waals surface area contributed by atoms with Gasteiger partial charge in [-0.05, 0) is 35.6 Å². The second-order valence-corrected chi connectivity index (χ2v) is 10.4. The zero-order valence-electron chi connectivity index (χ0n) is 17.0. The zero-order valence-corrected chi connectivity index (χ0v) is 17.8. The Labute approximate surface area is 183 Å². The maximum atomic E-state index is 13.5. The molecule has 2 aromatic heterocycles. The molecule has 11 heteroatoms. The standard InChI is InChI=1S/C21H21F2N5O3S/c22-21(23)6-16-11-28(12-17(16)7-21)32(30,31)18-3-1-13(2-4-18)8-25-20(29)15-5-14-10-26-27-19(14)24-9-15/h1-5,9-10,16-17H,6-8,11-12H2,(H,25,29)(H,24,26,27)/t16-,17+. The summed E-state index contributed by atoms with van der Waals surface area (Å²) in [6.45, 7) is 0.483. The number of pyridine rings is 1. The monoisotopic (exact) mass is 461 g/mol. The van der Waals surface area contributed by atoms with E-state index >= 15 is 0 Å². The molecule has 2 fully saturated rings. The Morgan fingerprint density at radius 1 is 1.16 bits per heavy atom. The molecule has 8 nitrogen and oxygen atoms in total. The average Bonchev–Trinajstić information content (AvgIpc) is 3.44. The fourth-order valence-corrected chi connectivity index (χ4v) is 6.13. The molecular weight excluding hydrogens is 440 g/mol. The molecule has 3 heterocycles. The van der Waals surface area contributed by atoms with Gasteiger partial charge in [0.2, 0.25) is 15.9 Å². The first-order valence-corrected chi connectivity index (χ1v) is 11.7. The molecule has 1 aliphatic heterocycles. The van der Waals surface area contributed by atoms with Crippen LogP contribution in [-0.4, -0.2) is 52.8 Å². The van der Waals surface area contributed by atoms with Crippen molar-refractivity contribution in [3.05, 3.63) is 53.9 Å². The number of alkyl halides is 2. The van der Waals surface area contributed by atoms with Crippen molar-refractivity contribution in [2.75, 3.05) is 13.1 Å². The lowest BCUT2D eigenvalue weighted by Crippen LogP contribution is -2.31. The van der Waals surface area contributed by atoms with Crippen LogP contribution in [0.4, 0.5) is 8.78 Å². The summed E-state index contributed by atoms with van der Waals surface area (Å²) in [4.78, 5) is 16.6. The Bertz CT molecular complexity index is 1260. The lowest BCUT2D eigenvalue weighted by atomic mass is 10.0. The number of aromatic nitrogens is 3. The van der Waals surface area contributed by atoms with Crippen LogP contribution in [0.3, 0.4) is 0 Å². The fraction of sp³-hybridized carbons (Fsp3) is 0.381. The molecule has 0 unspecified atom stereocenters. The average molecular weight is 461 g/mol. The van der Waals surface area contributed by atoms with Crippen LogP contribution in [0, 0.1) is 11.8 Å². The molecule has 1 amide bonds. The summed E-state index contributed by atoms with van der Waals surface area (Å²) in [5.74, 6) is -3.56. The Balaban J connectivity index is 1.22. The van der Waals surface area contributed by atoms with E-state index in [9.17, 15) is 22.0 Å². The molecule has 0 radical (unpaired) electrons. The number of sulfonamides is 1. The van der Waals surface area contributed by atoms with Crippen LogP contribution in [0.25, 0.3) is 11.0 Å². The maximum absolute atomic E-state index is 13.5. The number of amides is 1. The summed E-state index contributed by atoms with van der Waals surface area (Å²) < 4.78 is 54.3. The number of halogens is 2. The molecule has 2 N–H and O–H groups in total. The highest BCUT2D eigenvalue weighted by Gasteiger charge is 2.52. The molecule has 1 aromatic carbocycles. The molecule has 2 aliphatic rings. The van der Waals surface area contributed by atoms with Crippen LogP contribution < -0.4 is 5.32 Å². The highest BCUT2D eigenvalue weighted by molar-refractivity contribution is 7.89. The number of benzene rings is 1. The van der Waals surface area contributed by atoms with Gasteiger partial charge in [-0.15, -0.1) is 0 Å². The smallest absolute Gasteiger partial charge is 0.253 e. The number of rotatable bonds is 5. The van der Waals surface area contributed by atoms with Gasteiger partial charge < -0.3 is 5.32 Å². The van der Waals surface area contributed by atoms with Gasteiger partial charge in [-0.1, -0.05) is 12.1 Å². The van der Waals surface area contributed by atoms with E-state index in [-0.39, 0.29) is 55.1 Å². The van der Waals surface area contributed by atoms with Gasteiger partial charge >= 0.3 is 0 Å². The van der Waals surface area contributed by atoms with E-state index in [2.05, 4.69) is 20.5 Å². The number of aromatic amines is 1. The summed E-state index contributed by atoms with van der Waals surface area (Å²) in [6, 6.07) is 7.92. The first-order chi connectivity index (χ1) is 15.2. The van der Waals surface area contributed by atoms with Gasteiger partial charge in [0.25, 0.3) is 5.91 Å². The van der Waals surface area contributed by atoms with Crippen LogP contribution in [0.5, 0.6) is 0 Å². The quantitative estimate of drug-likeness (QED) is 0.607. The molecule has 32 heavy (non-hydrogen) atoms. The van der Waals surface area contributed by atoms with E-state index in [4.69, 9.17) is 0 Å². The minimum absolute atomic E-state index is 0.119. The molecule has 1 aliphatic carbocycles. The molecule has 1 saturated heterocycles. The van der Waals surface area contributed by atoms with Gasteiger partial charge in [0.1, 0.15) is 0 Å². The van der Waals surface area contributed by atoms with Crippen LogP contribution in [0.15, 0.2) is 47.6 Å². The van der Waals surface area contributed by atoms with Crippen molar-refractivity contribution in [3.8, 4) is 0 Å². The van der Waals surface area contributed by atoms with E-state index in [1.165, 1.54) is 22.6 Å². The number of carbonyl (C=O) groups is 1. The summed E-state index contributed by atoms with van der Waals surface area (Å²) in [5.41, 5.74) is 1.71. The largest absolute Gasteiger partial charge is 0.348 e. The van der Waals surface area contributed by atoms with Gasteiger partial charge in [-0.2, -0.15) is 9.40 Å². The Hall–Kier alpha value is -2.92. The van der Waals surface area contributed by atoms with Crippen LogP contribution in [0.1, 0.15) is 28.8 Å². The number of nitrogens with zero attached hydrogens (tertiary/aromatic N) is 3. The minimum atomic E-state index is -3.74. The SMILES string of the molecule is O=C(NCc1ccc(S(=O)(=O)N2C[C@@H]3CC(F)(F)C[C@@H]3C2)cc1)c1cnc2[nH]ncc2c1. The number of hydrogen-bond acceptors (Lipinski definition) is 5. The number of hydrogen-bond donors (Lipinski definition) is 2. The van der Waals surface area contributed by atoms with Crippen molar-refractivity contribution >= 4 is 27.0 Å². The highest BCUT2D eigenvalue weighted by atomic mass is 32.2. The van der Waals surface area contributed by atoms with Crippen molar-refractivity contribution in [3.63, 3.8) is 0 Å². The predicted octanol–water partition coefficient (Wildman–Crippen LogP) is 2.55. The minimum Gasteiger partial charge on any atom is -0.348 e. The Kier molecular flexibility index (Phi) is 4.97. The fourth-order valence-electron chi connectivity index (χ4n) is 4.58. The summed E-state index contributed by atoms with van der Waals surface area (Å²) in [6.07, 6.45) is 2.54. The third-order valence-electron chi connectivity index (χ3n) is 6.23. The zero-order chi connectivity index (χ0) is 22.5. The number of nitrogens with one attached hydrogen (secondary N) is 2. The van der Waals surface area contributed by atoms with Gasteiger partial charge in [0, 0.05) is 44.1 Å². The topological polar surface area (TPSA) is 108 Å². The third kappa shape index (κ3) is 3.86. The van der Waals surface area contributed by atoms with Crippen LogP contribution in [-0.2, 0) is 16.6 Å². The van der Waals surface area contributed by atoms with Gasteiger partial charge in [0.05, 0.1) is 16.7 Å². The van der Waals surface area contributed by atoms with Crippen LogP contribution >= 0.6 is 0 Å². The summed E-state index contributed by atoms with van der Waals surface area (Å²) >= 11 is 0. The third-order valence-corrected chi connectivity index (χ3v) is 8.08. The van der Waals surface area contributed by atoms with E-state index in [1.54, 1.807) is 24.4 Å². The van der Waals surface area contributed by atoms with Crippen molar-refractivity contribution < 1.29 is 22.0 Å². The van der Waals surface area contributed by atoms with Crippen molar-refractivity contribution in [1.29, 1.82) is 0 Å². The van der Waals surface area contributed by atoms with E-state index in [0.29, 0.717) is 11.2 Å². The van der Waals surface area contributed by atoms with Gasteiger partial charge in [-0.3, -0.25) is 9.89 Å². The predicted molar refractivity (Wildman–Crippen MR) is 111 cm³/mol. The first kappa shape index (κ1) is 21.0. The van der Waals surface area contributed by atoms with E-state index < -0.39 is 15.9 Å². The van der Waals surface area contributed by atoms with Crippen molar-refractivity contribution in [2.45, 2.75) is 30.2 Å². The van der Waals surface area contributed by atoms with E-state index in [1.807, 2.05) is 0 Å². The van der Waals surface area contributed by atoms with Gasteiger partial charge in [-0.25, -0.2) is 22.2 Å². The Morgan fingerprint density at radius 3 is 2.53 bits per heavy atom. The summed E-state index contributed by atoms with van der Waals surface area (Å²) in [5, 5.41) is 10.1. The molecule has 168 valence electrons. The number of H-pyrrole nitrogens is 1. The number of carbonyl (C=O) groups excluding carboxylic acids is 1.